The van der Waals surface area contributed by atoms with Gasteiger partial charge in [-0.15, -0.1) is 0 Å². The van der Waals surface area contributed by atoms with E-state index >= 15 is 0 Å². The minimum Gasteiger partial charge on any atom is -0.354 e. The molecule has 2 atom stereocenters. The Labute approximate surface area is 120 Å². The number of hydrogen-bond donors (Lipinski definition) is 2. The van der Waals surface area contributed by atoms with Gasteiger partial charge in [-0.05, 0) is 51.0 Å². The summed E-state index contributed by atoms with van der Waals surface area (Å²) in [4.78, 5) is 26.1. The summed E-state index contributed by atoms with van der Waals surface area (Å²) in [5, 5.41) is 6.28. The SMILES string of the molecule is O=C(NCC1CCCN(C(=O)C2CC2)C1)C1CCCN1. The van der Waals surface area contributed by atoms with E-state index in [1.165, 1.54) is 0 Å². The lowest BCUT2D eigenvalue weighted by atomic mass is 9.97. The molecule has 0 aromatic rings. The van der Waals surface area contributed by atoms with Gasteiger partial charge in [0, 0.05) is 25.6 Å². The van der Waals surface area contributed by atoms with Gasteiger partial charge in [-0.3, -0.25) is 9.59 Å². The highest BCUT2D eigenvalue weighted by molar-refractivity contribution is 5.82. The van der Waals surface area contributed by atoms with Crippen LogP contribution in [0.25, 0.3) is 0 Å². The quantitative estimate of drug-likeness (QED) is 0.788. The number of piperidine rings is 1. The monoisotopic (exact) mass is 279 g/mol. The first kappa shape index (κ1) is 13.9. The minimum absolute atomic E-state index is 0.00258. The lowest BCUT2D eigenvalue weighted by Gasteiger charge is -2.33. The van der Waals surface area contributed by atoms with Crippen LogP contribution in [0.2, 0.25) is 0 Å². The molecule has 0 aromatic carbocycles. The van der Waals surface area contributed by atoms with E-state index in [1.54, 1.807) is 0 Å². The maximum atomic E-state index is 12.1. The first-order valence-corrected chi connectivity index (χ1v) is 8.04. The van der Waals surface area contributed by atoms with Crippen molar-refractivity contribution in [3.05, 3.63) is 0 Å². The van der Waals surface area contributed by atoms with Crippen LogP contribution < -0.4 is 10.6 Å². The summed E-state index contributed by atoms with van der Waals surface area (Å²) in [6.07, 6.45) is 6.37. The topological polar surface area (TPSA) is 61.4 Å². The molecule has 0 aromatic heterocycles. The average molecular weight is 279 g/mol. The molecule has 0 radical (unpaired) electrons. The third kappa shape index (κ3) is 3.32. The van der Waals surface area contributed by atoms with Gasteiger partial charge in [0.25, 0.3) is 0 Å². The van der Waals surface area contributed by atoms with Crippen molar-refractivity contribution in [1.82, 2.24) is 15.5 Å². The Kier molecular flexibility index (Phi) is 4.24. The molecule has 20 heavy (non-hydrogen) atoms. The van der Waals surface area contributed by atoms with E-state index in [0.29, 0.717) is 24.3 Å². The molecular formula is C15H25N3O2. The first-order chi connectivity index (χ1) is 9.74. The third-order valence-electron chi connectivity index (χ3n) is 4.70. The number of amides is 2. The van der Waals surface area contributed by atoms with Gasteiger partial charge in [0.2, 0.25) is 11.8 Å². The van der Waals surface area contributed by atoms with Gasteiger partial charge < -0.3 is 15.5 Å². The van der Waals surface area contributed by atoms with Gasteiger partial charge in [0.15, 0.2) is 0 Å². The summed E-state index contributed by atoms with van der Waals surface area (Å²) in [6, 6.07) is 0.00258. The molecule has 3 rings (SSSR count). The molecule has 2 aliphatic heterocycles. The number of rotatable bonds is 4. The Balaban J connectivity index is 1.42. The molecular weight excluding hydrogens is 254 g/mol. The number of hydrogen-bond acceptors (Lipinski definition) is 3. The zero-order valence-electron chi connectivity index (χ0n) is 12.1. The van der Waals surface area contributed by atoms with Gasteiger partial charge in [-0.1, -0.05) is 0 Å². The summed E-state index contributed by atoms with van der Waals surface area (Å²) in [5.41, 5.74) is 0. The van der Waals surface area contributed by atoms with Gasteiger partial charge in [-0.2, -0.15) is 0 Å². The lowest BCUT2D eigenvalue weighted by Crippen LogP contribution is -2.47. The van der Waals surface area contributed by atoms with Crippen LogP contribution in [0.5, 0.6) is 0 Å². The molecule has 2 amide bonds. The van der Waals surface area contributed by atoms with Crippen LogP contribution >= 0.6 is 0 Å². The van der Waals surface area contributed by atoms with Crippen LogP contribution in [-0.4, -0.2) is 48.9 Å². The van der Waals surface area contributed by atoms with Crippen molar-refractivity contribution in [3.8, 4) is 0 Å². The number of nitrogens with zero attached hydrogens (tertiary/aromatic N) is 1. The van der Waals surface area contributed by atoms with Crippen LogP contribution in [0, 0.1) is 11.8 Å². The molecule has 2 saturated heterocycles. The molecule has 3 aliphatic rings. The molecule has 5 nitrogen and oxygen atoms in total. The van der Waals surface area contributed by atoms with Crippen LogP contribution in [0.3, 0.4) is 0 Å². The van der Waals surface area contributed by atoms with E-state index in [1.807, 2.05) is 4.90 Å². The van der Waals surface area contributed by atoms with Crippen molar-refractivity contribution in [2.24, 2.45) is 11.8 Å². The van der Waals surface area contributed by atoms with Crippen molar-refractivity contribution >= 4 is 11.8 Å². The molecule has 0 spiro atoms. The van der Waals surface area contributed by atoms with Crippen LogP contribution in [-0.2, 0) is 9.59 Å². The maximum Gasteiger partial charge on any atom is 0.237 e. The average Bonchev–Trinajstić information content (AvgIpc) is 3.18. The molecule has 3 fully saturated rings. The number of likely N-dealkylation sites (tertiary alicyclic amines) is 1. The summed E-state index contributed by atoms with van der Waals surface area (Å²) in [6.45, 7) is 3.40. The summed E-state index contributed by atoms with van der Waals surface area (Å²) >= 11 is 0. The van der Waals surface area contributed by atoms with Gasteiger partial charge in [-0.25, -0.2) is 0 Å². The van der Waals surface area contributed by atoms with Crippen molar-refractivity contribution in [3.63, 3.8) is 0 Å². The fraction of sp³-hybridized carbons (Fsp3) is 0.867. The highest BCUT2D eigenvalue weighted by atomic mass is 16.2. The molecule has 0 bridgehead atoms. The standard InChI is InChI=1S/C15H25N3O2/c19-14(13-4-1-7-16-13)17-9-11-3-2-8-18(10-11)15(20)12-5-6-12/h11-13,16H,1-10H2,(H,17,19). The Morgan fingerprint density at radius 1 is 1.15 bits per heavy atom. The van der Waals surface area contributed by atoms with Crippen LogP contribution in [0.1, 0.15) is 38.5 Å². The zero-order valence-corrected chi connectivity index (χ0v) is 12.1. The van der Waals surface area contributed by atoms with Crippen molar-refractivity contribution in [2.45, 2.75) is 44.6 Å². The number of carbonyl (C=O) groups excluding carboxylic acids is 2. The van der Waals surface area contributed by atoms with Crippen molar-refractivity contribution < 1.29 is 9.59 Å². The Morgan fingerprint density at radius 2 is 2.00 bits per heavy atom. The molecule has 2 unspecified atom stereocenters. The van der Waals surface area contributed by atoms with Gasteiger partial charge in [0.1, 0.15) is 0 Å². The Hall–Kier alpha value is -1.10. The second kappa shape index (κ2) is 6.12. The van der Waals surface area contributed by atoms with E-state index in [9.17, 15) is 9.59 Å². The van der Waals surface area contributed by atoms with E-state index in [-0.39, 0.29) is 11.9 Å². The van der Waals surface area contributed by atoms with Crippen molar-refractivity contribution in [2.75, 3.05) is 26.2 Å². The molecule has 1 saturated carbocycles. The first-order valence-electron chi connectivity index (χ1n) is 8.04. The Morgan fingerprint density at radius 3 is 2.70 bits per heavy atom. The second-order valence-electron chi connectivity index (χ2n) is 6.46. The lowest BCUT2D eigenvalue weighted by molar-refractivity contribution is -0.134. The molecule has 2 heterocycles. The minimum atomic E-state index is 0.00258. The van der Waals surface area contributed by atoms with E-state index in [4.69, 9.17) is 0 Å². The highest BCUT2D eigenvalue weighted by Crippen LogP contribution is 2.32. The number of nitrogens with one attached hydrogen (secondary N) is 2. The molecule has 2 N–H and O–H groups in total. The van der Waals surface area contributed by atoms with E-state index < -0.39 is 0 Å². The number of carbonyl (C=O) groups is 2. The Bertz CT molecular complexity index is 375. The molecule has 112 valence electrons. The largest absolute Gasteiger partial charge is 0.354 e. The molecule has 1 aliphatic carbocycles. The fourth-order valence-electron chi connectivity index (χ4n) is 3.30. The maximum absolute atomic E-state index is 12.1. The van der Waals surface area contributed by atoms with Crippen LogP contribution in [0.15, 0.2) is 0 Å². The van der Waals surface area contributed by atoms with E-state index in [0.717, 1.165) is 58.2 Å². The normalized spacial score (nSPS) is 30.3. The third-order valence-corrected chi connectivity index (χ3v) is 4.70. The van der Waals surface area contributed by atoms with Crippen molar-refractivity contribution in [1.29, 1.82) is 0 Å². The van der Waals surface area contributed by atoms with Gasteiger partial charge >= 0.3 is 0 Å². The zero-order chi connectivity index (χ0) is 13.9. The highest BCUT2D eigenvalue weighted by Gasteiger charge is 2.35. The van der Waals surface area contributed by atoms with Gasteiger partial charge in [0.05, 0.1) is 6.04 Å². The summed E-state index contributed by atoms with van der Waals surface area (Å²) < 4.78 is 0. The summed E-state index contributed by atoms with van der Waals surface area (Å²) in [5.74, 6) is 1.22. The van der Waals surface area contributed by atoms with Crippen LogP contribution in [0.4, 0.5) is 0 Å². The second-order valence-corrected chi connectivity index (χ2v) is 6.46. The fourth-order valence-corrected chi connectivity index (χ4v) is 3.30. The smallest absolute Gasteiger partial charge is 0.237 e. The predicted octanol–water partition coefficient (Wildman–Crippen LogP) is 0.503. The predicted molar refractivity (Wildman–Crippen MR) is 76.1 cm³/mol. The van der Waals surface area contributed by atoms with E-state index in [2.05, 4.69) is 10.6 Å². The summed E-state index contributed by atoms with van der Waals surface area (Å²) in [7, 11) is 0. The molecule has 5 heteroatoms.